The number of carbonyl (C=O) groups is 1. The van der Waals surface area contributed by atoms with Crippen LogP contribution in [0.15, 0.2) is 6.20 Å². The maximum absolute atomic E-state index is 10.5. The number of carbonyl (C=O) groups excluding carboxylic acids is 1. The highest BCUT2D eigenvalue weighted by molar-refractivity contribution is 5.70. The fourth-order valence-corrected chi connectivity index (χ4v) is 1.01. The van der Waals surface area contributed by atoms with Gasteiger partial charge in [-0.2, -0.15) is 13.2 Å². The molecule has 98 valence electrons. The summed E-state index contributed by atoms with van der Waals surface area (Å²) in [7, 11) is 3.65. The molecule has 5 nitrogen and oxygen atoms in total. The average molecular weight is 254 g/mol. The van der Waals surface area contributed by atoms with Gasteiger partial charge in [0.15, 0.2) is 6.20 Å². The van der Waals surface area contributed by atoms with E-state index in [2.05, 4.69) is 11.9 Å². The molecule has 0 spiro atoms. The summed E-state index contributed by atoms with van der Waals surface area (Å²) < 4.78 is 38.6. The van der Waals surface area contributed by atoms with Gasteiger partial charge >= 0.3 is 12.1 Å². The summed E-state index contributed by atoms with van der Waals surface area (Å²) in [6.45, 7) is 2.10. The van der Waals surface area contributed by atoms with Crippen LogP contribution >= 0.6 is 0 Å². The van der Waals surface area contributed by atoms with Crippen LogP contribution in [0.4, 0.5) is 13.2 Å². The normalized spacial score (nSPS) is 10.5. The number of hydrogen-bond acceptors (Lipinski definition) is 3. The summed E-state index contributed by atoms with van der Waals surface area (Å²) in [5, 5.41) is 8.78. The molecule has 0 saturated carbocycles. The standard InChI is InChI=1S/C7H12N2O.C2HF3O2/c1-4-6-8-5-7(10-3)9(6)2;3-2(4,5)1(6)7/h5H,4H2,1-3H3;(H,6,7). The topological polar surface area (TPSA) is 69.0 Å². The highest BCUT2D eigenvalue weighted by Gasteiger charge is 2.28. The van der Waals surface area contributed by atoms with Gasteiger partial charge in [-0.25, -0.2) is 9.55 Å². The van der Waals surface area contributed by atoms with E-state index in [1.807, 2.05) is 17.8 Å². The summed E-state index contributed by atoms with van der Waals surface area (Å²) in [5.41, 5.74) is 0. The largest absolute Gasteiger partial charge is 0.542 e. The summed E-state index contributed by atoms with van der Waals surface area (Å²) in [4.78, 5) is 11.9. The molecule has 0 radical (unpaired) electrons. The van der Waals surface area contributed by atoms with Gasteiger partial charge in [-0.05, 0) is 0 Å². The molecule has 0 bridgehead atoms. The Morgan fingerprint density at radius 1 is 1.59 bits per heavy atom. The Morgan fingerprint density at radius 2 is 2.06 bits per heavy atom. The molecule has 17 heavy (non-hydrogen) atoms. The van der Waals surface area contributed by atoms with Crippen molar-refractivity contribution in [3.05, 3.63) is 12.0 Å². The minimum absolute atomic E-state index is 0.872. The first-order valence-corrected chi connectivity index (χ1v) is 4.62. The molecule has 1 aromatic heterocycles. The second kappa shape index (κ2) is 6.12. The third-order valence-electron chi connectivity index (χ3n) is 1.87. The molecule has 0 atom stereocenters. The summed E-state index contributed by atoms with van der Waals surface area (Å²) in [6.07, 6.45) is -2.33. The Kier molecular flexibility index (Phi) is 5.49. The van der Waals surface area contributed by atoms with Gasteiger partial charge in [-0.3, -0.25) is 0 Å². The lowest BCUT2D eigenvalue weighted by molar-refractivity contribution is -0.682. The van der Waals surface area contributed by atoms with Crippen LogP contribution in [0.3, 0.4) is 0 Å². The molecule has 1 N–H and O–H groups in total. The first-order chi connectivity index (χ1) is 7.73. The predicted octanol–water partition coefficient (Wildman–Crippen LogP) is -0.291. The molecule has 8 heteroatoms. The number of aliphatic carboxylic acids is 1. The number of aryl methyl sites for hydroxylation is 1. The number of methoxy groups -OCH3 is 1. The van der Waals surface area contributed by atoms with Crippen molar-refractivity contribution in [3.8, 4) is 5.88 Å². The highest BCUT2D eigenvalue weighted by Crippen LogP contribution is 2.11. The molecular formula is C9H13F3N2O3. The van der Waals surface area contributed by atoms with Gasteiger partial charge in [-0.1, -0.05) is 6.92 Å². The van der Waals surface area contributed by atoms with Gasteiger partial charge in [0, 0.05) is 6.42 Å². The number of imidazole rings is 1. The Hall–Kier alpha value is -1.73. The van der Waals surface area contributed by atoms with Gasteiger partial charge in [0.05, 0.1) is 14.2 Å². The number of carboxylic acids is 1. The molecule has 1 rings (SSSR count). The van der Waals surface area contributed by atoms with Gasteiger partial charge in [-0.15, -0.1) is 0 Å². The smallest absolute Gasteiger partial charge is 0.430 e. The van der Waals surface area contributed by atoms with Crippen LogP contribution < -0.4 is 14.4 Å². The zero-order chi connectivity index (χ0) is 13.6. The number of aromatic nitrogens is 2. The van der Waals surface area contributed by atoms with Crippen LogP contribution in [0.2, 0.25) is 0 Å². The molecule has 0 unspecified atom stereocenters. The number of nitrogens with zero attached hydrogens (tertiary/aromatic N) is 1. The van der Waals surface area contributed by atoms with E-state index in [0.29, 0.717) is 0 Å². The van der Waals surface area contributed by atoms with Crippen LogP contribution in [0.1, 0.15) is 12.7 Å². The number of halogens is 3. The summed E-state index contributed by atoms with van der Waals surface area (Å²) in [6, 6.07) is 0. The Balaban J connectivity index is 0.000000325. The fourth-order valence-electron chi connectivity index (χ4n) is 1.01. The SMILES string of the molecule is CCc1[nH]cc(OC)[n+]1C.O=C([O-])C(F)(F)F. The van der Waals surface area contributed by atoms with Crippen molar-refractivity contribution in [1.82, 2.24) is 4.98 Å². The second-order valence-corrected chi connectivity index (χ2v) is 2.98. The number of hydrogen-bond donors (Lipinski definition) is 1. The van der Waals surface area contributed by atoms with Crippen LogP contribution in [-0.2, 0) is 18.3 Å². The maximum atomic E-state index is 10.5. The molecule has 0 amide bonds. The van der Waals surface area contributed by atoms with Crippen molar-refractivity contribution in [1.29, 1.82) is 0 Å². The lowest BCUT2D eigenvalue weighted by Crippen LogP contribution is -2.37. The fraction of sp³-hybridized carbons (Fsp3) is 0.556. The van der Waals surface area contributed by atoms with Crippen molar-refractivity contribution >= 4 is 5.97 Å². The van der Waals surface area contributed by atoms with E-state index >= 15 is 0 Å². The molecule has 1 heterocycles. The van der Waals surface area contributed by atoms with Gasteiger partial charge < -0.3 is 14.6 Å². The van der Waals surface area contributed by atoms with Crippen LogP contribution in [0.25, 0.3) is 0 Å². The number of rotatable bonds is 2. The molecule has 0 aliphatic rings. The number of ether oxygens (including phenoxy) is 1. The van der Waals surface area contributed by atoms with Crippen LogP contribution in [-0.4, -0.2) is 24.2 Å². The van der Waals surface area contributed by atoms with E-state index in [1.165, 1.54) is 5.82 Å². The third-order valence-corrected chi connectivity index (χ3v) is 1.87. The molecule has 0 aliphatic heterocycles. The lowest BCUT2D eigenvalue weighted by Gasteiger charge is -2.03. The van der Waals surface area contributed by atoms with Gasteiger partial charge in [0.2, 0.25) is 0 Å². The van der Waals surface area contributed by atoms with E-state index in [9.17, 15) is 13.2 Å². The second-order valence-electron chi connectivity index (χ2n) is 2.98. The maximum Gasteiger partial charge on any atom is 0.430 e. The third kappa shape index (κ3) is 4.75. The molecule has 0 fully saturated rings. The van der Waals surface area contributed by atoms with Crippen molar-refractivity contribution in [3.63, 3.8) is 0 Å². The number of H-pyrrole nitrogens is 1. The summed E-state index contributed by atoms with van der Waals surface area (Å²) in [5.74, 6) is -0.957. The van der Waals surface area contributed by atoms with Crippen molar-refractivity contribution in [2.45, 2.75) is 19.5 Å². The van der Waals surface area contributed by atoms with E-state index in [4.69, 9.17) is 14.6 Å². The van der Waals surface area contributed by atoms with E-state index in [0.717, 1.165) is 12.3 Å². The van der Waals surface area contributed by atoms with Crippen molar-refractivity contribution < 1.29 is 32.4 Å². The first kappa shape index (κ1) is 15.3. The number of carboxylic acid groups (broad SMARTS) is 1. The Morgan fingerprint density at radius 3 is 2.24 bits per heavy atom. The number of alkyl halides is 3. The van der Waals surface area contributed by atoms with Gasteiger partial charge in [0.25, 0.3) is 5.82 Å². The molecule has 0 saturated heterocycles. The summed E-state index contributed by atoms with van der Waals surface area (Å²) >= 11 is 0. The molecule has 0 aromatic carbocycles. The van der Waals surface area contributed by atoms with E-state index in [-0.39, 0.29) is 0 Å². The monoisotopic (exact) mass is 254 g/mol. The lowest BCUT2D eigenvalue weighted by atomic mass is 10.5. The van der Waals surface area contributed by atoms with Crippen LogP contribution in [0, 0.1) is 0 Å². The van der Waals surface area contributed by atoms with Gasteiger partial charge in [0.1, 0.15) is 5.97 Å². The van der Waals surface area contributed by atoms with Crippen LogP contribution in [0.5, 0.6) is 5.88 Å². The minimum atomic E-state index is -5.19. The van der Waals surface area contributed by atoms with Crippen molar-refractivity contribution in [2.24, 2.45) is 7.05 Å². The van der Waals surface area contributed by atoms with E-state index < -0.39 is 12.1 Å². The molecule has 1 aromatic rings. The average Bonchev–Trinajstić information content (AvgIpc) is 2.58. The number of nitrogens with one attached hydrogen (secondary N) is 1. The minimum Gasteiger partial charge on any atom is -0.542 e. The number of aromatic amines is 1. The molecule has 0 aliphatic carbocycles. The zero-order valence-electron chi connectivity index (χ0n) is 9.59. The zero-order valence-corrected chi connectivity index (χ0v) is 9.59. The van der Waals surface area contributed by atoms with E-state index in [1.54, 1.807) is 7.11 Å². The first-order valence-electron chi connectivity index (χ1n) is 4.62. The molecular weight excluding hydrogens is 241 g/mol. The Bertz CT molecular complexity index is 353. The van der Waals surface area contributed by atoms with Crippen molar-refractivity contribution in [2.75, 3.05) is 7.11 Å². The Labute approximate surface area is 95.8 Å². The highest BCUT2D eigenvalue weighted by atomic mass is 19.4. The predicted molar refractivity (Wildman–Crippen MR) is 49.0 cm³/mol. The quantitative estimate of drug-likeness (QED) is 0.737.